The number of aldehydes is 1. The van der Waals surface area contributed by atoms with Gasteiger partial charge in [-0.2, -0.15) is 0 Å². The van der Waals surface area contributed by atoms with Crippen LogP contribution in [0, 0.1) is 5.92 Å². The molecule has 0 aromatic heterocycles. The molecule has 0 heterocycles. The van der Waals surface area contributed by atoms with Crippen molar-refractivity contribution in [2.24, 2.45) is 5.92 Å². The van der Waals surface area contributed by atoms with E-state index in [2.05, 4.69) is 0 Å². The van der Waals surface area contributed by atoms with Crippen molar-refractivity contribution < 1.29 is 9.90 Å². The first kappa shape index (κ1) is 9.37. The van der Waals surface area contributed by atoms with Crippen molar-refractivity contribution in [2.75, 3.05) is 0 Å². The van der Waals surface area contributed by atoms with E-state index in [0.717, 1.165) is 12.7 Å². The third-order valence-electron chi connectivity index (χ3n) is 1.52. The molecule has 0 bridgehead atoms. The Morgan fingerprint density at radius 1 is 1.60 bits per heavy atom. The van der Waals surface area contributed by atoms with E-state index in [-0.39, 0.29) is 12.0 Å². The van der Waals surface area contributed by atoms with Crippen LogP contribution in [-0.2, 0) is 4.79 Å². The van der Waals surface area contributed by atoms with Gasteiger partial charge in [0.05, 0.1) is 6.10 Å². The Bertz CT molecular complexity index is 118. The van der Waals surface area contributed by atoms with Crippen LogP contribution in [0.1, 0.15) is 20.3 Å². The molecule has 2 atom stereocenters. The molecule has 0 aromatic rings. The summed E-state index contributed by atoms with van der Waals surface area (Å²) >= 11 is 0. The summed E-state index contributed by atoms with van der Waals surface area (Å²) in [7, 11) is 0. The van der Waals surface area contributed by atoms with Crippen molar-refractivity contribution in [2.45, 2.75) is 26.4 Å². The summed E-state index contributed by atoms with van der Waals surface area (Å²) < 4.78 is 0. The molecular formula is C8H14O2. The number of aliphatic hydroxyl groups is 1. The van der Waals surface area contributed by atoms with Crippen LogP contribution in [0.3, 0.4) is 0 Å². The SMILES string of the molecule is CC[C@@H](O)[C@@H](C)/C=C/C=O. The van der Waals surface area contributed by atoms with Crippen LogP contribution < -0.4 is 0 Å². The highest BCUT2D eigenvalue weighted by Crippen LogP contribution is 2.06. The van der Waals surface area contributed by atoms with Crippen LogP contribution >= 0.6 is 0 Å². The molecule has 0 aromatic carbocycles. The van der Waals surface area contributed by atoms with Crippen molar-refractivity contribution >= 4 is 6.29 Å². The topological polar surface area (TPSA) is 37.3 Å². The lowest BCUT2D eigenvalue weighted by Gasteiger charge is -2.11. The Labute approximate surface area is 61.6 Å². The van der Waals surface area contributed by atoms with Gasteiger partial charge in [-0.25, -0.2) is 0 Å². The van der Waals surface area contributed by atoms with E-state index in [4.69, 9.17) is 0 Å². The van der Waals surface area contributed by atoms with Crippen LogP contribution in [0.5, 0.6) is 0 Å². The maximum atomic E-state index is 9.85. The maximum absolute atomic E-state index is 9.85. The summed E-state index contributed by atoms with van der Waals surface area (Å²) in [5, 5.41) is 9.19. The van der Waals surface area contributed by atoms with Crippen molar-refractivity contribution in [3.63, 3.8) is 0 Å². The van der Waals surface area contributed by atoms with E-state index in [1.165, 1.54) is 6.08 Å². The number of hydrogen-bond acceptors (Lipinski definition) is 2. The Hall–Kier alpha value is -0.630. The highest BCUT2D eigenvalue weighted by molar-refractivity contribution is 5.64. The smallest absolute Gasteiger partial charge is 0.142 e. The van der Waals surface area contributed by atoms with Crippen molar-refractivity contribution in [3.05, 3.63) is 12.2 Å². The second-order valence-electron chi connectivity index (χ2n) is 2.36. The van der Waals surface area contributed by atoms with Crippen molar-refractivity contribution in [3.8, 4) is 0 Å². The van der Waals surface area contributed by atoms with E-state index in [1.807, 2.05) is 13.8 Å². The molecule has 1 N–H and O–H groups in total. The average molecular weight is 142 g/mol. The standard InChI is InChI=1S/C8H14O2/c1-3-8(10)7(2)5-4-6-9/h4-8,10H,3H2,1-2H3/b5-4+/t7-,8+/m0/s1. The van der Waals surface area contributed by atoms with Gasteiger partial charge in [0, 0.05) is 5.92 Å². The minimum Gasteiger partial charge on any atom is -0.393 e. The normalized spacial score (nSPS) is 17.1. The molecule has 0 amide bonds. The van der Waals surface area contributed by atoms with Gasteiger partial charge in [0.1, 0.15) is 6.29 Å². The first-order valence-corrected chi connectivity index (χ1v) is 3.52. The molecule has 0 spiro atoms. The second kappa shape index (κ2) is 5.18. The fourth-order valence-corrected chi connectivity index (χ4v) is 0.721. The molecule has 58 valence electrons. The van der Waals surface area contributed by atoms with Gasteiger partial charge in [-0.15, -0.1) is 0 Å². The summed E-state index contributed by atoms with van der Waals surface area (Å²) in [6.07, 6.45) is 4.25. The first-order valence-electron chi connectivity index (χ1n) is 3.52. The zero-order chi connectivity index (χ0) is 7.98. The van der Waals surface area contributed by atoms with Crippen LogP contribution in [0.15, 0.2) is 12.2 Å². The molecule has 0 radical (unpaired) electrons. The average Bonchev–Trinajstić information content (AvgIpc) is 1.98. The molecule has 2 nitrogen and oxygen atoms in total. The highest BCUT2D eigenvalue weighted by Gasteiger charge is 2.06. The summed E-state index contributed by atoms with van der Waals surface area (Å²) in [5.74, 6) is 0.0789. The lowest BCUT2D eigenvalue weighted by molar-refractivity contribution is -0.104. The van der Waals surface area contributed by atoms with Gasteiger partial charge in [0.25, 0.3) is 0 Å². The molecule has 0 aliphatic carbocycles. The lowest BCUT2D eigenvalue weighted by Crippen LogP contribution is -2.13. The largest absolute Gasteiger partial charge is 0.393 e. The Morgan fingerprint density at radius 2 is 2.20 bits per heavy atom. The quantitative estimate of drug-likeness (QED) is 0.472. The van der Waals surface area contributed by atoms with Gasteiger partial charge in [-0.3, -0.25) is 4.79 Å². The molecule has 0 saturated carbocycles. The summed E-state index contributed by atoms with van der Waals surface area (Å²) in [6.45, 7) is 3.80. The minimum atomic E-state index is -0.323. The molecule has 0 aliphatic rings. The van der Waals surface area contributed by atoms with Gasteiger partial charge in [-0.1, -0.05) is 19.9 Å². The van der Waals surface area contributed by atoms with Gasteiger partial charge in [0.15, 0.2) is 0 Å². The third-order valence-corrected chi connectivity index (χ3v) is 1.52. The van der Waals surface area contributed by atoms with Crippen molar-refractivity contribution in [1.82, 2.24) is 0 Å². The number of hydrogen-bond donors (Lipinski definition) is 1. The van der Waals surface area contributed by atoms with Gasteiger partial charge >= 0.3 is 0 Å². The first-order chi connectivity index (χ1) is 4.72. The molecule has 2 heteroatoms. The highest BCUT2D eigenvalue weighted by atomic mass is 16.3. The number of rotatable bonds is 4. The van der Waals surface area contributed by atoms with E-state index in [1.54, 1.807) is 6.08 Å². The number of aliphatic hydroxyl groups excluding tert-OH is 1. The Kier molecular flexibility index (Phi) is 4.85. The van der Waals surface area contributed by atoms with E-state index < -0.39 is 0 Å². The fourth-order valence-electron chi connectivity index (χ4n) is 0.721. The van der Waals surface area contributed by atoms with Crippen LogP contribution in [0.4, 0.5) is 0 Å². The second-order valence-corrected chi connectivity index (χ2v) is 2.36. The van der Waals surface area contributed by atoms with Gasteiger partial charge < -0.3 is 5.11 Å². The fraction of sp³-hybridized carbons (Fsp3) is 0.625. The zero-order valence-corrected chi connectivity index (χ0v) is 6.45. The Balaban J connectivity index is 3.70. The molecule has 0 unspecified atom stereocenters. The van der Waals surface area contributed by atoms with Crippen LogP contribution in [-0.4, -0.2) is 17.5 Å². The number of carbonyl (C=O) groups is 1. The predicted molar refractivity (Wildman–Crippen MR) is 40.7 cm³/mol. The molecule has 0 rings (SSSR count). The third kappa shape index (κ3) is 3.41. The van der Waals surface area contributed by atoms with E-state index in [9.17, 15) is 9.90 Å². The summed E-state index contributed by atoms with van der Waals surface area (Å²) in [4.78, 5) is 9.85. The Morgan fingerprint density at radius 3 is 2.60 bits per heavy atom. The number of allylic oxidation sites excluding steroid dienone is 1. The van der Waals surface area contributed by atoms with Crippen LogP contribution in [0.2, 0.25) is 0 Å². The lowest BCUT2D eigenvalue weighted by atomic mass is 10.0. The monoisotopic (exact) mass is 142 g/mol. The summed E-state index contributed by atoms with van der Waals surface area (Å²) in [5.41, 5.74) is 0. The predicted octanol–water partition coefficient (Wildman–Crippen LogP) is 1.15. The molecule has 0 fully saturated rings. The molecule has 0 aliphatic heterocycles. The summed E-state index contributed by atoms with van der Waals surface area (Å²) in [6, 6.07) is 0. The van der Waals surface area contributed by atoms with Gasteiger partial charge in [0.2, 0.25) is 0 Å². The minimum absolute atomic E-state index is 0.0789. The molecule has 10 heavy (non-hydrogen) atoms. The van der Waals surface area contributed by atoms with Gasteiger partial charge in [-0.05, 0) is 12.5 Å². The van der Waals surface area contributed by atoms with E-state index in [0.29, 0.717) is 0 Å². The van der Waals surface area contributed by atoms with Crippen LogP contribution in [0.25, 0.3) is 0 Å². The zero-order valence-electron chi connectivity index (χ0n) is 6.45. The van der Waals surface area contributed by atoms with Crippen molar-refractivity contribution in [1.29, 1.82) is 0 Å². The molecular weight excluding hydrogens is 128 g/mol. The number of carbonyl (C=O) groups excluding carboxylic acids is 1. The van der Waals surface area contributed by atoms with E-state index >= 15 is 0 Å². The maximum Gasteiger partial charge on any atom is 0.142 e. The molecule has 0 saturated heterocycles.